The fourth-order valence-corrected chi connectivity index (χ4v) is 0. The van der Waals surface area contributed by atoms with Crippen LogP contribution in [0.15, 0.2) is 0 Å². The molecule has 0 unspecified atom stereocenters. The van der Waals surface area contributed by atoms with Crippen LogP contribution >= 0.6 is 0 Å². The van der Waals surface area contributed by atoms with Crippen molar-refractivity contribution < 1.29 is 30.0 Å². The fourth-order valence-electron chi connectivity index (χ4n) is 0. The lowest BCUT2D eigenvalue weighted by molar-refractivity contribution is 0.135. The minimum Gasteiger partial charge on any atom is -0.450 e. The summed E-state index contributed by atoms with van der Waals surface area (Å²) in [6, 6.07) is 0. The van der Waals surface area contributed by atoms with Gasteiger partial charge in [0, 0.05) is 0 Å². The second-order valence-corrected chi connectivity index (χ2v) is 1.27. The number of hydrogen-bond acceptors (Lipinski definition) is 2. The summed E-state index contributed by atoms with van der Waals surface area (Å²) in [5.74, 6) is 0. The maximum Gasteiger partial charge on any atom is 0.503 e. The van der Waals surface area contributed by atoms with Gasteiger partial charge in [-0.05, 0) is 0 Å². The highest BCUT2D eigenvalue weighted by Gasteiger charge is 1.70. The lowest BCUT2D eigenvalue weighted by Gasteiger charge is -1.60. The molecule has 0 spiro atoms. The van der Waals surface area contributed by atoms with Gasteiger partial charge in [0.25, 0.3) is 0 Å². The van der Waals surface area contributed by atoms with E-state index in [0.29, 0.717) is 0 Å². The Morgan fingerprint density at radius 1 is 0.909 bits per heavy atom. The van der Waals surface area contributed by atoms with Gasteiger partial charge < -0.3 is 20.4 Å². The van der Waals surface area contributed by atoms with E-state index in [1.54, 1.807) is 0 Å². The first kappa shape index (κ1) is 16.3. The van der Waals surface area contributed by atoms with E-state index in [0.717, 1.165) is 0 Å². The van der Waals surface area contributed by atoms with Gasteiger partial charge in [0.2, 0.25) is 0 Å². The molecule has 0 radical (unpaired) electrons. The Morgan fingerprint density at radius 3 is 0.909 bits per heavy atom. The fraction of sp³-hybridized carbons (Fsp3) is 0.600. The van der Waals surface area contributed by atoms with Crippen molar-refractivity contribution in [1.82, 2.24) is 0 Å². The van der Waals surface area contributed by atoms with Gasteiger partial charge in [0.05, 0.1) is 0 Å². The molecule has 0 aromatic carbocycles. The Balaban J connectivity index is -0.0000000886. The van der Waals surface area contributed by atoms with Gasteiger partial charge >= 0.3 is 12.3 Å². The van der Waals surface area contributed by atoms with E-state index >= 15 is 0 Å². The Kier molecular flexibility index (Phi) is 23.4. The highest BCUT2D eigenvalue weighted by Crippen LogP contribution is 1.56. The molecule has 0 aliphatic heterocycles. The molecule has 68 valence electrons. The van der Waals surface area contributed by atoms with Crippen molar-refractivity contribution in [2.45, 2.75) is 20.3 Å². The van der Waals surface area contributed by atoms with Gasteiger partial charge in [-0.1, -0.05) is 20.3 Å². The average molecular weight is 168 g/mol. The van der Waals surface area contributed by atoms with Crippen LogP contribution in [0.1, 0.15) is 20.3 Å². The van der Waals surface area contributed by atoms with Crippen LogP contribution in [0.5, 0.6) is 0 Å². The molecule has 4 N–H and O–H groups in total. The highest BCUT2D eigenvalue weighted by molar-refractivity contribution is 5.53. The Hall–Kier alpha value is -1.46. The monoisotopic (exact) mass is 168 g/mol. The lowest BCUT2D eigenvalue weighted by Crippen LogP contribution is -1.81. The molecule has 0 aromatic heterocycles. The zero-order valence-corrected chi connectivity index (χ0v) is 6.31. The molecule has 0 fully saturated rings. The van der Waals surface area contributed by atoms with Gasteiger partial charge in [-0.25, -0.2) is 9.59 Å². The van der Waals surface area contributed by atoms with E-state index in [2.05, 4.69) is 13.8 Å². The van der Waals surface area contributed by atoms with E-state index in [4.69, 9.17) is 30.0 Å². The van der Waals surface area contributed by atoms with Crippen LogP contribution in [-0.4, -0.2) is 32.7 Å². The summed E-state index contributed by atoms with van der Waals surface area (Å²) < 4.78 is 0. The van der Waals surface area contributed by atoms with Gasteiger partial charge in [0.1, 0.15) is 0 Å². The molecule has 0 aliphatic carbocycles. The molecule has 0 aromatic rings. The summed E-state index contributed by atoms with van der Waals surface area (Å²) in [6.45, 7) is 4.25. The second-order valence-electron chi connectivity index (χ2n) is 1.27. The molecule has 6 heteroatoms. The molecule has 0 bridgehead atoms. The van der Waals surface area contributed by atoms with Gasteiger partial charge in [-0.3, -0.25) is 0 Å². The summed E-state index contributed by atoms with van der Waals surface area (Å²) in [6.07, 6.45) is -2.42. The molecular formula is C5H12O6. The molecule has 0 atom stereocenters. The molecule has 11 heavy (non-hydrogen) atoms. The smallest absolute Gasteiger partial charge is 0.450 e. The number of hydrogen-bond donors (Lipinski definition) is 4. The van der Waals surface area contributed by atoms with Crippen molar-refractivity contribution in [3.05, 3.63) is 0 Å². The summed E-state index contributed by atoms with van der Waals surface area (Å²) in [5.41, 5.74) is 0. The largest absolute Gasteiger partial charge is 0.503 e. The molecule has 0 heterocycles. The van der Waals surface area contributed by atoms with Crippen LogP contribution in [-0.2, 0) is 0 Å². The molecule has 0 rings (SSSR count). The number of carbonyl (C=O) groups is 2. The minimum atomic E-state index is -1.83. The second kappa shape index (κ2) is 15.8. The third-order valence-electron chi connectivity index (χ3n) is 0. The van der Waals surface area contributed by atoms with E-state index in [9.17, 15) is 0 Å². The average Bonchev–Trinajstić information content (AvgIpc) is 1.60. The summed E-state index contributed by atoms with van der Waals surface area (Å²) >= 11 is 0. The molecule has 0 saturated heterocycles. The quantitative estimate of drug-likeness (QED) is 0.438. The molecular weight excluding hydrogens is 156 g/mol. The number of rotatable bonds is 0. The van der Waals surface area contributed by atoms with Crippen molar-refractivity contribution in [3.63, 3.8) is 0 Å². The van der Waals surface area contributed by atoms with E-state index in [1.165, 1.54) is 6.42 Å². The molecule has 0 saturated carbocycles. The zero-order chi connectivity index (χ0) is 9.86. The predicted molar refractivity (Wildman–Crippen MR) is 37.3 cm³/mol. The van der Waals surface area contributed by atoms with Crippen LogP contribution in [0.4, 0.5) is 9.59 Å². The topological polar surface area (TPSA) is 115 Å². The summed E-state index contributed by atoms with van der Waals surface area (Å²) in [5, 5.41) is 27.9. The Bertz CT molecular complexity index is 79.1. The molecule has 0 amide bonds. The van der Waals surface area contributed by atoms with Crippen LogP contribution in [0, 0.1) is 0 Å². The maximum absolute atomic E-state index is 8.56. The predicted octanol–water partition coefficient (Wildman–Crippen LogP) is 1.86. The van der Waals surface area contributed by atoms with E-state index in [-0.39, 0.29) is 0 Å². The lowest BCUT2D eigenvalue weighted by atomic mass is 10.6. The SMILES string of the molecule is CCC.O=C(O)O.O=C(O)O. The van der Waals surface area contributed by atoms with Crippen molar-refractivity contribution in [1.29, 1.82) is 0 Å². The first-order chi connectivity index (χ1) is 4.88. The standard InChI is InChI=1S/C3H8.2CH2O3/c1-3-2;2*2-1(3)4/h3H2,1-2H3;2*(H2,2,3,4). The first-order valence-corrected chi connectivity index (χ1v) is 2.72. The molecule has 6 nitrogen and oxygen atoms in total. The van der Waals surface area contributed by atoms with Crippen molar-refractivity contribution in [2.75, 3.05) is 0 Å². The van der Waals surface area contributed by atoms with Crippen LogP contribution in [0.25, 0.3) is 0 Å². The van der Waals surface area contributed by atoms with Crippen LogP contribution < -0.4 is 0 Å². The van der Waals surface area contributed by atoms with E-state index < -0.39 is 12.3 Å². The van der Waals surface area contributed by atoms with Crippen LogP contribution in [0.2, 0.25) is 0 Å². The van der Waals surface area contributed by atoms with Crippen molar-refractivity contribution >= 4 is 12.3 Å². The van der Waals surface area contributed by atoms with Crippen LogP contribution in [0.3, 0.4) is 0 Å². The Morgan fingerprint density at radius 2 is 0.909 bits per heavy atom. The zero-order valence-electron chi connectivity index (χ0n) is 6.31. The maximum atomic E-state index is 8.56. The van der Waals surface area contributed by atoms with Gasteiger partial charge in [-0.15, -0.1) is 0 Å². The summed E-state index contributed by atoms with van der Waals surface area (Å²) in [7, 11) is 0. The summed E-state index contributed by atoms with van der Waals surface area (Å²) in [4.78, 5) is 17.1. The minimum absolute atomic E-state index is 1.25. The third-order valence-corrected chi connectivity index (χ3v) is 0. The van der Waals surface area contributed by atoms with Gasteiger partial charge in [0.15, 0.2) is 0 Å². The molecule has 0 aliphatic rings. The van der Waals surface area contributed by atoms with Crippen molar-refractivity contribution in [2.24, 2.45) is 0 Å². The first-order valence-electron chi connectivity index (χ1n) is 2.72. The third kappa shape index (κ3) is 171. The number of carboxylic acid groups (broad SMARTS) is 4. The van der Waals surface area contributed by atoms with Gasteiger partial charge in [-0.2, -0.15) is 0 Å². The highest BCUT2D eigenvalue weighted by atomic mass is 16.6. The normalized spacial score (nSPS) is 6.00. The van der Waals surface area contributed by atoms with Crippen molar-refractivity contribution in [3.8, 4) is 0 Å². The van der Waals surface area contributed by atoms with E-state index in [1.807, 2.05) is 0 Å². The Labute approximate surface area is 63.7 Å².